The Morgan fingerprint density at radius 1 is 1.03 bits per heavy atom. The Kier molecular flexibility index (Phi) is 8.06. The van der Waals surface area contributed by atoms with Crippen LogP contribution in [0.3, 0.4) is 0 Å². The van der Waals surface area contributed by atoms with Gasteiger partial charge in [-0.3, -0.25) is 4.79 Å². The van der Waals surface area contributed by atoms with Crippen molar-refractivity contribution in [2.45, 2.75) is 13.5 Å². The van der Waals surface area contributed by atoms with Gasteiger partial charge in [0.15, 0.2) is 18.1 Å². The summed E-state index contributed by atoms with van der Waals surface area (Å²) in [6, 6.07) is 20.7. The molecule has 160 valence electrons. The highest BCUT2D eigenvalue weighted by molar-refractivity contribution is 9.10. The Bertz CT molecular complexity index is 1050. The number of aryl methyl sites for hydroxylation is 1. The van der Waals surface area contributed by atoms with Gasteiger partial charge in [0.1, 0.15) is 12.4 Å². The lowest BCUT2D eigenvalue weighted by Crippen LogP contribution is -2.24. The lowest BCUT2D eigenvalue weighted by molar-refractivity contribution is -0.123. The summed E-state index contributed by atoms with van der Waals surface area (Å²) < 4.78 is 17.7. The molecular weight excluding hydrogens is 460 g/mol. The first-order chi connectivity index (χ1) is 15.0. The molecule has 0 aromatic heterocycles. The van der Waals surface area contributed by atoms with Crippen molar-refractivity contribution in [3.05, 3.63) is 87.9 Å². The van der Waals surface area contributed by atoms with Crippen LogP contribution in [0.1, 0.15) is 16.7 Å². The van der Waals surface area contributed by atoms with Crippen LogP contribution in [-0.2, 0) is 11.4 Å². The summed E-state index contributed by atoms with van der Waals surface area (Å²) in [6.07, 6.45) is 1.53. The molecule has 0 fully saturated rings. The second-order valence-electron chi connectivity index (χ2n) is 6.66. The normalized spacial score (nSPS) is 10.7. The summed E-state index contributed by atoms with van der Waals surface area (Å²) in [5, 5.41) is 3.97. The zero-order valence-corrected chi connectivity index (χ0v) is 18.9. The topological polar surface area (TPSA) is 69.2 Å². The molecule has 1 N–H and O–H groups in total. The van der Waals surface area contributed by atoms with Crippen LogP contribution in [0.15, 0.2) is 76.3 Å². The van der Waals surface area contributed by atoms with Crippen molar-refractivity contribution in [1.29, 1.82) is 0 Å². The Labute approximate surface area is 190 Å². The van der Waals surface area contributed by atoms with Crippen molar-refractivity contribution in [1.82, 2.24) is 5.43 Å². The first-order valence-corrected chi connectivity index (χ1v) is 10.4. The molecule has 0 atom stereocenters. The van der Waals surface area contributed by atoms with Crippen LogP contribution >= 0.6 is 15.9 Å². The molecule has 0 bridgehead atoms. The molecule has 6 nitrogen and oxygen atoms in total. The zero-order valence-electron chi connectivity index (χ0n) is 17.3. The average Bonchev–Trinajstić information content (AvgIpc) is 2.78. The number of carbonyl (C=O) groups is 1. The fourth-order valence-corrected chi connectivity index (χ4v) is 2.97. The number of methoxy groups -OCH3 is 1. The Morgan fingerprint density at radius 3 is 2.55 bits per heavy atom. The van der Waals surface area contributed by atoms with E-state index in [0.29, 0.717) is 23.9 Å². The smallest absolute Gasteiger partial charge is 0.277 e. The van der Waals surface area contributed by atoms with Gasteiger partial charge in [0.2, 0.25) is 0 Å². The highest BCUT2D eigenvalue weighted by Crippen LogP contribution is 2.28. The molecule has 0 saturated heterocycles. The molecule has 0 aliphatic rings. The molecule has 3 rings (SSSR count). The van der Waals surface area contributed by atoms with Gasteiger partial charge in [-0.25, -0.2) is 5.43 Å². The fourth-order valence-electron chi connectivity index (χ4n) is 2.70. The lowest BCUT2D eigenvalue weighted by atomic mass is 10.1. The summed E-state index contributed by atoms with van der Waals surface area (Å²) in [4.78, 5) is 11.9. The number of benzene rings is 3. The predicted octanol–water partition coefficient (Wildman–Crippen LogP) is 4.87. The number of hydrogen-bond donors (Lipinski definition) is 1. The van der Waals surface area contributed by atoms with E-state index in [1.165, 1.54) is 11.8 Å². The lowest BCUT2D eigenvalue weighted by Gasteiger charge is -2.12. The summed E-state index contributed by atoms with van der Waals surface area (Å²) in [5.74, 6) is 1.47. The Hall–Kier alpha value is -3.32. The second kappa shape index (κ2) is 11.2. The molecule has 31 heavy (non-hydrogen) atoms. The van der Waals surface area contributed by atoms with Gasteiger partial charge >= 0.3 is 0 Å². The molecule has 0 spiro atoms. The number of hydrazone groups is 1. The van der Waals surface area contributed by atoms with Crippen LogP contribution in [0.2, 0.25) is 0 Å². The maximum atomic E-state index is 11.9. The van der Waals surface area contributed by atoms with Crippen LogP contribution in [0.5, 0.6) is 17.2 Å². The van der Waals surface area contributed by atoms with Crippen molar-refractivity contribution >= 4 is 28.1 Å². The van der Waals surface area contributed by atoms with Gasteiger partial charge < -0.3 is 14.2 Å². The molecule has 3 aromatic carbocycles. The van der Waals surface area contributed by atoms with Crippen LogP contribution in [0, 0.1) is 6.92 Å². The van der Waals surface area contributed by atoms with E-state index in [9.17, 15) is 4.79 Å². The number of amides is 1. The average molecular weight is 483 g/mol. The minimum atomic E-state index is -0.357. The molecule has 0 aliphatic carbocycles. The molecule has 1 amide bonds. The number of halogens is 1. The summed E-state index contributed by atoms with van der Waals surface area (Å²) in [6.45, 7) is 2.37. The van der Waals surface area contributed by atoms with E-state index in [1.807, 2.05) is 55.5 Å². The summed E-state index contributed by atoms with van der Waals surface area (Å²) in [7, 11) is 1.58. The number of carbonyl (C=O) groups excluding carboxylic acids is 1. The van der Waals surface area contributed by atoms with E-state index in [0.717, 1.165) is 15.6 Å². The molecule has 7 heteroatoms. The van der Waals surface area contributed by atoms with Gasteiger partial charge in [-0.1, -0.05) is 40.2 Å². The van der Waals surface area contributed by atoms with E-state index in [2.05, 4.69) is 26.5 Å². The molecule has 0 aliphatic heterocycles. The SMILES string of the molecule is COc1cc(/C=N/NC(=O)COc2ccc(Br)cc2)ccc1OCc1ccccc1C. The number of nitrogens with zero attached hydrogens (tertiary/aromatic N) is 1. The van der Waals surface area contributed by atoms with Gasteiger partial charge in [-0.15, -0.1) is 0 Å². The third-order valence-electron chi connectivity index (χ3n) is 4.42. The number of nitrogens with one attached hydrogen (secondary N) is 1. The molecule has 0 saturated carbocycles. The van der Waals surface area contributed by atoms with Crippen molar-refractivity contribution in [2.75, 3.05) is 13.7 Å². The third-order valence-corrected chi connectivity index (χ3v) is 4.95. The molecule has 3 aromatic rings. The summed E-state index contributed by atoms with van der Waals surface area (Å²) >= 11 is 3.35. The van der Waals surface area contributed by atoms with Gasteiger partial charge in [0.25, 0.3) is 5.91 Å². The van der Waals surface area contributed by atoms with Crippen LogP contribution < -0.4 is 19.6 Å². The maximum Gasteiger partial charge on any atom is 0.277 e. The second-order valence-corrected chi connectivity index (χ2v) is 7.58. The number of rotatable bonds is 9. The molecular formula is C24H23BrN2O4. The maximum absolute atomic E-state index is 11.9. The van der Waals surface area contributed by atoms with Crippen LogP contribution in [0.4, 0.5) is 0 Å². The largest absolute Gasteiger partial charge is 0.493 e. The highest BCUT2D eigenvalue weighted by Gasteiger charge is 2.07. The zero-order chi connectivity index (χ0) is 22.1. The van der Waals surface area contributed by atoms with Crippen LogP contribution in [0.25, 0.3) is 0 Å². The van der Waals surface area contributed by atoms with E-state index in [1.54, 1.807) is 25.3 Å². The minimum absolute atomic E-state index is 0.131. The van der Waals surface area contributed by atoms with E-state index < -0.39 is 0 Å². The molecule has 0 radical (unpaired) electrons. The highest BCUT2D eigenvalue weighted by atomic mass is 79.9. The first kappa shape index (κ1) is 22.4. The van der Waals surface area contributed by atoms with Crippen molar-refractivity contribution in [3.8, 4) is 17.2 Å². The van der Waals surface area contributed by atoms with Gasteiger partial charge in [0, 0.05) is 4.47 Å². The molecule has 0 heterocycles. The number of hydrogen-bond acceptors (Lipinski definition) is 5. The Balaban J connectivity index is 1.52. The van der Waals surface area contributed by atoms with Gasteiger partial charge in [-0.05, 0) is 66.1 Å². The van der Waals surface area contributed by atoms with Gasteiger partial charge in [-0.2, -0.15) is 5.10 Å². The number of ether oxygens (including phenoxy) is 3. The van der Waals surface area contributed by atoms with Crippen molar-refractivity contribution < 1.29 is 19.0 Å². The van der Waals surface area contributed by atoms with Crippen molar-refractivity contribution in [2.24, 2.45) is 5.10 Å². The van der Waals surface area contributed by atoms with Crippen LogP contribution in [-0.4, -0.2) is 25.8 Å². The van der Waals surface area contributed by atoms with E-state index in [4.69, 9.17) is 14.2 Å². The monoisotopic (exact) mass is 482 g/mol. The van der Waals surface area contributed by atoms with E-state index in [-0.39, 0.29) is 12.5 Å². The van der Waals surface area contributed by atoms with E-state index >= 15 is 0 Å². The minimum Gasteiger partial charge on any atom is -0.493 e. The summed E-state index contributed by atoms with van der Waals surface area (Å²) in [5.41, 5.74) is 5.49. The van der Waals surface area contributed by atoms with Crippen molar-refractivity contribution in [3.63, 3.8) is 0 Å². The third kappa shape index (κ3) is 6.86. The molecule has 0 unspecified atom stereocenters. The standard InChI is InChI=1S/C24H23BrN2O4/c1-17-5-3-4-6-19(17)15-31-22-12-7-18(13-23(22)29-2)14-26-27-24(28)16-30-21-10-8-20(25)9-11-21/h3-14H,15-16H2,1-2H3,(H,27,28)/b26-14+. The quantitative estimate of drug-likeness (QED) is 0.348. The van der Waals surface area contributed by atoms with Gasteiger partial charge in [0.05, 0.1) is 13.3 Å². The first-order valence-electron chi connectivity index (χ1n) is 9.61. The predicted molar refractivity (Wildman–Crippen MR) is 124 cm³/mol. The fraction of sp³-hybridized carbons (Fsp3) is 0.167. The Morgan fingerprint density at radius 2 is 1.81 bits per heavy atom.